The lowest BCUT2D eigenvalue weighted by atomic mass is 9.95. The molecular formula is C20H35NO6. The van der Waals surface area contributed by atoms with E-state index in [4.69, 9.17) is 19.6 Å². The van der Waals surface area contributed by atoms with Gasteiger partial charge in [0.05, 0.1) is 0 Å². The van der Waals surface area contributed by atoms with Crippen LogP contribution in [0.1, 0.15) is 68.7 Å². The van der Waals surface area contributed by atoms with Crippen molar-refractivity contribution in [1.29, 1.82) is 0 Å². The van der Waals surface area contributed by atoms with Crippen LogP contribution in [0.15, 0.2) is 12.2 Å². The van der Waals surface area contributed by atoms with Gasteiger partial charge in [-0.05, 0) is 46.5 Å². The lowest BCUT2D eigenvalue weighted by molar-refractivity contribution is -0.543. The lowest BCUT2D eigenvalue weighted by Gasteiger charge is -2.37. The molecule has 2 amide bonds. The van der Waals surface area contributed by atoms with E-state index in [-0.39, 0.29) is 36.6 Å². The number of carbonyl (C=O) groups is 2. The van der Waals surface area contributed by atoms with Crippen molar-refractivity contribution in [3.63, 3.8) is 0 Å². The van der Waals surface area contributed by atoms with E-state index >= 15 is 0 Å². The summed E-state index contributed by atoms with van der Waals surface area (Å²) in [4.78, 5) is 47.3. The molecule has 0 bridgehead atoms. The second-order valence-corrected chi connectivity index (χ2v) is 8.89. The highest BCUT2D eigenvalue weighted by Crippen LogP contribution is 2.30. The Morgan fingerprint density at radius 1 is 0.778 bits per heavy atom. The zero-order chi connectivity index (χ0) is 21.0. The monoisotopic (exact) mass is 385 g/mol. The normalized spacial score (nSPS) is 16.3. The van der Waals surface area contributed by atoms with Crippen LogP contribution in [0.3, 0.4) is 0 Å². The number of hydrogen-bond acceptors (Lipinski definition) is 6. The summed E-state index contributed by atoms with van der Waals surface area (Å²) in [6.45, 7) is 17.5. The van der Waals surface area contributed by atoms with Crippen molar-refractivity contribution < 1.29 is 29.1 Å². The first-order valence-corrected chi connectivity index (χ1v) is 9.47. The maximum atomic E-state index is 11.8. The van der Waals surface area contributed by atoms with E-state index in [1.807, 2.05) is 55.4 Å². The van der Waals surface area contributed by atoms with E-state index in [0.29, 0.717) is 0 Å². The SMILES string of the molecule is CC(C)C(C)(C)OOC(C)(CCN1C(=O)C=CC1=O)OOC(C)(C)C(C)C. The Morgan fingerprint density at radius 2 is 1.15 bits per heavy atom. The Morgan fingerprint density at radius 3 is 1.48 bits per heavy atom. The molecule has 0 unspecified atom stereocenters. The van der Waals surface area contributed by atoms with Crippen LogP contribution in [-0.2, 0) is 29.1 Å². The summed E-state index contributed by atoms with van der Waals surface area (Å²) in [5, 5.41) is 0. The highest BCUT2D eigenvalue weighted by Gasteiger charge is 2.38. The minimum Gasteiger partial charge on any atom is -0.275 e. The van der Waals surface area contributed by atoms with Crippen LogP contribution >= 0.6 is 0 Å². The number of imide groups is 1. The molecule has 1 rings (SSSR count). The van der Waals surface area contributed by atoms with E-state index in [0.717, 1.165) is 4.90 Å². The maximum absolute atomic E-state index is 11.8. The van der Waals surface area contributed by atoms with Crippen LogP contribution < -0.4 is 0 Å². The number of nitrogens with zero attached hydrogens (tertiary/aromatic N) is 1. The fourth-order valence-electron chi connectivity index (χ4n) is 1.65. The second kappa shape index (κ2) is 8.82. The van der Waals surface area contributed by atoms with Gasteiger partial charge in [0.1, 0.15) is 11.2 Å². The largest absolute Gasteiger partial charge is 0.275 e. The number of rotatable bonds is 11. The Labute approximate surface area is 162 Å². The predicted octanol–water partition coefficient (Wildman–Crippen LogP) is 3.78. The quantitative estimate of drug-likeness (QED) is 0.233. The van der Waals surface area contributed by atoms with Gasteiger partial charge in [-0.3, -0.25) is 14.5 Å². The molecule has 0 fully saturated rings. The van der Waals surface area contributed by atoms with E-state index in [1.165, 1.54) is 12.2 Å². The molecule has 27 heavy (non-hydrogen) atoms. The molecule has 0 radical (unpaired) electrons. The summed E-state index contributed by atoms with van der Waals surface area (Å²) < 4.78 is 0. The van der Waals surface area contributed by atoms with E-state index in [1.54, 1.807) is 6.92 Å². The summed E-state index contributed by atoms with van der Waals surface area (Å²) in [5.41, 5.74) is -1.11. The van der Waals surface area contributed by atoms with Crippen molar-refractivity contribution >= 4 is 11.8 Å². The van der Waals surface area contributed by atoms with Crippen molar-refractivity contribution in [3.8, 4) is 0 Å². The molecule has 156 valence electrons. The molecular weight excluding hydrogens is 350 g/mol. The van der Waals surface area contributed by atoms with Gasteiger partial charge >= 0.3 is 0 Å². The maximum Gasteiger partial charge on any atom is 0.253 e. The minimum absolute atomic E-state index is 0.123. The number of carbonyl (C=O) groups excluding carboxylic acids is 2. The first-order valence-electron chi connectivity index (χ1n) is 9.47. The summed E-state index contributed by atoms with van der Waals surface area (Å²) >= 11 is 0. The summed E-state index contributed by atoms with van der Waals surface area (Å²) in [5.74, 6) is -1.62. The van der Waals surface area contributed by atoms with E-state index in [2.05, 4.69) is 0 Å². The van der Waals surface area contributed by atoms with Gasteiger partial charge in [0.2, 0.25) is 5.79 Å². The van der Waals surface area contributed by atoms with Crippen LogP contribution in [0, 0.1) is 11.8 Å². The molecule has 1 heterocycles. The molecule has 0 aliphatic carbocycles. The zero-order valence-corrected chi connectivity index (χ0v) is 18.1. The average Bonchev–Trinajstić information content (AvgIpc) is 2.88. The molecule has 0 aromatic heterocycles. The molecule has 1 aliphatic heterocycles. The van der Waals surface area contributed by atoms with Gasteiger partial charge in [-0.15, -0.1) is 0 Å². The highest BCUT2D eigenvalue weighted by atomic mass is 17.3. The number of hydrogen-bond donors (Lipinski definition) is 0. The molecule has 0 atom stereocenters. The molecule has 1 aliphatic rings. The molecule has 0 aromatic carbocycles. The summed E-state index contributed by atoms with van der Waals surface area (Å²) in [7, 11) is 0. The Bertz CT molecular complexity index is 523. The topological polar surface area (TPSA) is 74.3 Å². The van der Waals surface area contributed by atoms with Gasteiger partial charge in [0.25, 0.3) is 11.8 Å². The molecule has 0 saturated carbocycles. The molecule has 0 spiro atoms. The Balaban J connectivity index is 2.84. The smallest absolute Gasteiger partial charge is 0.253 e. The van der Waals surface area contributed by atoms with Crippen molar-refractivity contribution in [2.24, 2.45) is 11.8 Å². The van der Waals surface area contributed by atoms with Crippen LogP contribution in [0.4, 0.5) is 0 Å². The van der Waals surface area contributed by atoms with Crippen LogP contribution in [0.2, 0.25) is 0 Å². The minimum atomic E-state index is -1.30. The van der Waals surface area contributed by atoms with Crippen LogP contribution in [-0.4, -0.2) is 40.2 Å². The van der Waals surface area contributed by atoms with Crippen molar-refractivity contribution in [2.75, 3.05) is 6.54 Å². The van der Waals surface area contributed by atoms with Gasteiger partial charge < -0.3 is 0 Å². The Hall–Kier alpha value is -1.28. The van der Waals surface area contributed by atoms with E-state index < -0.39 is 17.0 Å². The van der Waals surface area contributed by atoms with Gasteiger partial charge in [0, 0.05) is 25.1 Å². The Kier molecular flexibility index (Phi) is 7.76. The first kappa shape index (κ1) is 23.8. The third kappa shape index (κ3) is 6.68. The van der Waals surface area contributed by atoms with Crippen LogP contribution in [0.25, 0.3) is 0 Å². The molecule has 0 aromatic rings. The van der Waals surface area contributed by atoms with Gasteiger partial charge in [-0.2, -0.15) is 9.78 Å². The summed E-state index contributed by atoms with van der Waals surface area (Å²) in [6, 6.07) is 0. The zero-order valence-electron chi connectivity index (χ0n) is 18.1. The van der Waals surface area contributed by atoms with Gasteiger partial charge in [0.15, 0.2) is 0 Å². The third-order valence-electron chi connectivity index (χ3n) is 5.34. The van der Waals surface area contributed by atoms with Crippen molar-refractivity contribution in [1.82, 2.24) is 4.90 Å². The number of amides is 2. The molecule has 7 nitrogen and oxygen atoms in total. The molecule has 0 saturated heterocycles. The third-order valence-corrected chi connectivity index (χ3v) is 5.34. The van der Waals surface area contributed by atoms with Crippen molar-refractivity contribution in [3.05, 3.63) is 12.2 Å². The second-order valence-electron chi connectivity index (χ2n) is 8.89. The predicted molar refractivity (Wildman–Crippen MR) is 101 cm³/mol. The summed E-state index contributed by atoms with van der Waals surface area (Å²) in [6.07, 6.45) is 2.69. The van der Waals surface area contributed by atoms with Crippen LogP contribution in [0.5, 0.6) is 0 Å². The van der Waals surface area contributed by atoms with Gasteiger partial charge in [-0.25, -0.2) is 9.78 Å². The van der Waals surface area contributed by atoms with Gasteiger partial charge in [-0.1, -0.05) is 27.7 Å². The highest BCUT2D eigenvalue weighted by molar-refractivity contribution is 6.12. The van der Waals surface area contributed by atoms with Crippen molar-refractivity contribution in [2.45, 2.75) is 85.7 Å². The lowest BCUT2D eigenvalue weighted by Crippen LogP contribution is -2.45. The fraction of sp³-hybridized carbons (Fsp3) is 0.800. The molecule has 0 N–H and O–H groups in total. The standard InChI is InChI=1S/C20H35NO6/c1-14(2)18(5,6)24-26-20(9,27-25-19(7,8)15(3)4)12-13-21-16(22)10-11-17(21)23/h10-11,14-15H,12-13H2,1-9H3. The average molecular weight is 386 g/mol. The first-order chi connectivity index (χ1) is 12.2. The fourth-order valence-corrected chi connectivity index (χ4v) is 1.65. The molecule has 7 heteroatoms. The van der Waals surface area contributed by atoms with E-state index in [9.17, 15) is 9.59 Å².